The van der Waals surface area contributed by atoms with Crippen molar-refractivity contribution in [2.45, 2.75) is 26.4 Å². The van der Waals surface area contributed by atoms with Crippen LogP contribution in [0.1, 0.15) is 19.4 Å². The molecule has 0 bridgehead atoms. The van der Waals surface area contributed by atoms with Crippen LogP contribution in [0.25, 0.3) is 0 Å². The molecule has 168 valence electrons. The number of nitrogens with one attached hydrogen (secondary N) is 2. The number of nitrogens with zero attached hydrogens (tertiary/aromatic N) is 3. The van der Waals surface area contributed by atoms with E-state index in [4.69, 9.17) is 9.47 Å². The van der Waals surface area contributed by atoms with Gasteiger partial charge >= 0.3 is 0 Å². The first-order valence-electron chi connectivity index (χ1n) is 10.7. The number of rotatable bonds is 8. The molecule has 2 N–H and O–H groups in total. The molecular weight excluding hydrogens is 397 g/mol. The van der Waals surface area contributed by atoms with Crippen LogP contribution >= 0.6 is 0 Å². The van der Waals surface area contributed by atoms with E-state index in [1.807, 2.05) is 12.1 Å². The summed E-state index contributed by atoms with van der Waals surface area (Å²) in [5.41, 5.74) is 1.00. The van der Waals surface area contributed by atoms with Crippen molar-refractivity contribution in [2.75, 3.05) is 39.9 Å². The maximum absolute atomic E-state index is 13.1. The molecule has 1 aliphatic heterocycles. The predicted octanol–water partition coefficient (Wildman–Crippen LogP) is 3.03. The summed E-state index contributed by atoms with van der Waals surface area (Å²) >= 11 is 0. The number of ether oxygens (including phenoxy) is 2. The lowest BCUT2D eigenvalue weighted by Crippen LogP contribution is -2.52. The molecule has 1 fully saturated rings. The zero-order chi connectivity index (χ0) is 22.1. The van der Waals surface area contributed by atoms with Crippen LogP contribution in [0.2, 0.25) is 0 Å². The molecule has 0 saturated carbocycles. The monoisotopic (exact) mass is 429 g/mol. The molecule has 1 aliphatic rings. The summed E-state index contributed by atoms with van der Waals surface area (Å²) in [5.74, 6) is 1.97. The third kappa shape index (κ3) is 7.18. The van der Waals surface area contributed by atoms with E-state index in [9.17, 15) is 4.39 Å². The zero-order valence-corrected chi connectivity index (χ0v) is 18.5. The second kappa shape index (κ2) is 11.6. The maximum atomic E-state index is 13.1. The number of benzene rings is 1. The second-order valence-electron chi connectivity index (χ2n) is 7.82. The molecule has 0 amide bonds. The Morgan fingerprint density at radius 3 is 2.61 bits per heavy atom. The van der Waals surface area contributed by atoms with Crippen LogP contribution in [0, 0.1) is 11.7 Å². The molecule has 2 heterocycles. The highest BCUT2D eigenvalue weighted by Crippen LogP contribution is 2.20. The molecule has 8 heteroatoms. The summed E-state index contributed by atoms with van der Waals surface area (Å²) in [6, 6.07) is 10.1. The van der Waals surface area contributed by atoms with E-state index in [1.165, 1.54) is 12.1 Å². The minimum atomic E-state index is -0.300. The van der Waals surface area contributed by atoms with Gasteiger partial charge in [-0.3, -0.25) is 9.89 Å². The van der Waals surface area contributed by atoms with Gasteiger partial charge in [-0.1, -0.05) is 13.8 Å². The van der Waals surface area contributed by atoms with Crippen molar-refractivity contribution in [1.29, 1.82) is 0 Å². The Morgan fingerprint density at radius 2 is 1.94 bits per heavy atom. The van der Waals surface area contributed by atoms with Crippen LogP contribution < -0.4 is 15.4 Å². The van der Waals surface area contributed by atoms with Crippen LogP contribution in [0.4, 0.5) is 4.39 Å². The lowest BCUT2D eigenvalue weighted by molar-refractivity contribution is 0.00752. The fourth-order valence-corrected chi connectivity index (χ4v) is 3.54. The quantitative estimate of drug-likeness (QED) is 0.497. The topological polar surface area (TPSA) is 71.0 Å². The minimum Gasteiger partial charge on any atom is -0.439 e. The average Bonchev–Trinajstić information content (AvgIpc) is 2.78. The Morgan fingerprint density at radius 1 is 1.19 bits per heavy atom. The number of pyridine rings is 1. The molecule has 1 aromatic heterocycles. The largest absolute Gasteiger partial charge is 0.439 e. The normalized spacial score (nSPS) is 16.2. The third-order valence-electron chi connectivity index (χ3n) is 5.28. The standard InChI is InChI=1S/C23H32FN5O2/c1-17(2)21(29-10-12-30-13-11-29)16-28-23(25-3)27-15-18-8-9-26-22(14-18)31-20-6-4-19(24)5-7-20/h4-9,14,17,21H,10-13,15-16H2,1-3H3,(H2,25,27,28). The Labute approximate surface area is 183 Å². The van der Waals surface area contributed by atoms with Crippen LogP contribution in [-0.2, 0) is 11.3 Å². The van der Waals surface area contributed by atoms with Crippen LogP contribution in [-0.4, -0.2) is 61.8 Å². The maximum Gasteiger partial charge on any atom is 0.219 e. The van der Waals surface area contributed by atoms with Crippen molar-refractivity contribution in [1.82, 2.24) is 20.5 Å². The van der Waals surface area contributed by atoms with Crippen molar-refractivity contribution >= 4 is 5.96 Å². The zero-order valence-electron chi connectivity index (χ0n) is 18.5. The molecule has 3 rings (SSSR count). The van der Waals surface area contributed by atoms with E-state index in [1.54, 1.807) is 25.4 Å². The number of halogens is 1. The molecule has 0 aliphatic carbocycles. The number of guanidine groups is 1. The van der Waals surface area contributed by atoms with Gasteiger partial charge in [0, 0.05) is 51.5 Å². The highest BCUT2D eigenvalue weighted by Gasteiger charge is 2.23. The van der Waals surface area contributed by atoms with Gasteiger partial charge in [0.15, 0.2) is 5.96 Å². The van der Waals surface area contributed by atoms with Crippen molar-refractivity contribution in [3.8, 4) is 11.6 Å². The van der Waals surface area contributed by atoms with E-state index in [-0.39, 0.29) is 5.82 Å². The molecule has 1 aromatic carbocycles. The van der Waals surface area contributed by atoms with Crippen LogP contribution in [0.15, 0.2) is 47.6 Å². The molecule has 1 unspecified atom stereocenters. The average molecular weight is 430 g/mol. The fraction of sp³-hybridized carbons (Fsp3) is 0.478. The lowest BCUT2D eigenvalue weighted by Gasteiger charge is -2.37. The van der Waals surface area contributed by atoms with Crippen LogP contribution in [0.3, 0.4) is 0 Å². The van der Waals surface area contributed by atoms with Crippen molar-refractivity contribution in [3.05, 3.63) is 54.0 Å². The van der Waals surface area contributed by atoms with Gasteiger partial charge < -0.3 is 20.1 Å². The molecule has 31 heavy (non-hydrogen) atoms. The van der Waals surface area contributed by atoms with Crippen molar-refractivity contribution in [3.63, 3.8) is 0 Å². The van der Waals surface area contributed by atoms with E-state index >= 15 is 0 Å². The molecule has 1 atom stereocenters. The summed E-state index contributed by atoms with van der Waals surface area (Å²) in [4.78, 5) is 11.1. The van der Waals surface area contributed by atoms with Gasteiger partial charge in [0.05, 0.1) is 13.2 Å². The van der Waals surface area contributed by atoms with Gasteiger partial charge in [0.1, 0.15) is 11.6 Å². The second-order valence-corrected chi connectivity index (χ2v) is 7.82. The predicted molar refractivity (Wildman–Crippen MR) is 120 cm³/mol. The number of morpholine rings is 1. The Kier molecular flexibility index (Phi) is 8.61. The summed E-state index contributed by atoms with van der Waals surface area (Å²) in [6.45, 7) is 9.39. The molecule has 1 saturated heterocycles. The minimum absolute atomic E-state index is 0.300. The van der Waals surface area contributed by atoms with Gasteiger partial charge in [0.25, 0.3) is 0 Å². The highest BCUT2D eigenvalue weighted by molar-refractivity contribution is 5.79. The number of aliphatic imine (C=N–C) groups is 1. The fourth-order valence-electron chi connectivity index (χ4n) is 3.54. The summed E-state index contributed by atoms with van der Waals surface area (Å²) < 4.78 is 24.3. The van der Waals surface area contributed by atoms with Crippen molar-refractivity contribution in [2.24, 2.45) is 10.9 Å². The first-order valence-corrected chi connectivity index (χ1v) is 10.7. The number of hydrogen-bond acceptors (Lipinski definition) is 5. The number of hydrogen-bond donors (Lipinski definition) is 2. The van der Waals surface area contributed by atoms with Crippen LogP contribution in [0.5, 0.6) is 11.6 Å². The Balaban J connectivity index is 1.52. The van der Waals surface area contributed by atoms with Gasteiger partial charge in [-0.2, -0.15) is 0 Å². The highest BCUT2D eigenvalue weighted by atomic mass is 19.1. The Hall–Kier alpha value is -2.71. The van der Waals surface area contributed by atoms with E-state index in [2.05, 4.69) is 39.4 Å². The van der Waals surface area contributed by atoms with Gasteiger partial charge in [-0.15, -0.1) is 0 Å². The summed E-state index contributed by atoms with van der Waals surface area (Å²) in [5, 5.41) is 6.80. The Bertz CT molecular complexity index is 838. The third-order valence-corrected chi connectivity index (χ3v) is 5.28. The first kappa shape index (κ1) is 23.0. The molecule has 2 aromatic rings. The molecule has 0 radical (unpaired) electrons. The van der Waals surface area contributed by atoms with Gasteiger partial charge in [-0.25, -0.2) is 9.37 Å². The number of aromatic nitrogens is 1. The lowest BCUT2D eigenvalue weighted by atomic mass is 10.0. The smallest absolute Gasteiger partial charge is 0.219 e. The van der Waals surface area contributed by atoms with E-state index < -0.39 is 0 Å². The van der Waals surface area contributed by atoms with Crippen molar-refractivity contribution < 1.29 is 13.9 Å². The van der Waals surface area contributed by atoms with E-state index in [0.717, 1.165) is 44.4 Å². The summed E-state index contributed by atoms with van der Waals surface area (Å²) in [7, 11) is 1.77. The molecule has 7 nitrogen and oxygen atoms in total. The first-order chi connectivity index (χ1) is 15.0. The SMILES string of the molecule is CN=C(NCc1ccnc(Oc2ccc(F)cc2)c1)NCC(C(C)C)N1CCOCC1. The van der Waals surface area contributed by atoms with Gasteiger partial charge in [0.2, 0.25) is 5.88 Å². The molecular formula is C23H32FN5O2. The van der Waals surface area contributed by atoms with Gasteiger partial charge in [-0.05, 0) is 41.8 Å². The summed E-state index contributed by atoms with van der Waals surface area (Å²) in [6.07, 6.45) is 1.69. The molecule has 0 spiro atoms. The van der Waals surface area contributed by atoms with E-state index in [0.29, 0.717) is 30.1 Å².